The molecule has 1 saturated heterocycles. The van der Waals surface area contributed by atoms with Crippen LogP contribution in [0.25, 0.3) is 10.9 Å². The van der Waals surface area contributed by atoms with E-state index in [1.165, 1.54) is 12.1 Å². The zero-order chi connectivity index (χ0) is 25.7. The van der Waals surface area contributed by atoms with Crippen LogP contribution in [0.15, 0.2) is 48.5 Å². The highest BCUT2D eigenvalue weighted by Crippen LogP contribution is 2.26. The Morgan fingerprint density at radius 3 is 2.39 bits per heavy atom. The van der Waals surface area contributed by atoms with Crippen molar-refractivity contribution >= 4 is 45.9 Å². The zero-order valence-corrected chi connectivity index (χ0v) is 20.0. The van der Waals surface area contributed by atoms with E-state index in [0.717, 1.165) is 0 Å². The monoisotopic (exact) mass is 512 g/mol. The number of carbonyl (C=O) groups is 3. The van der Waals surface area contributed by atoms with Gasteiger partial charge in [0, 0.05) is 35.1 Å². The molecule has 0 aliphatic carbocycles. The molecule has 36 heavy (non-hydrogen) atoms. The Kier molecular flexibility index (Phi) is 7.51. The molecule has 188 valence electrons. The molecule has 0 unspecified atom stereocenters. The van der Waals surface area contributed by atoms with Crippen LogP contribution < -0.4 is 21.3 Å². The summed E-state index contributed by atoms with van der Waals surface area (Å²) in [5.41, 5.74) is -0.479. The van der Waals surface area contributed by atoms with Crippen LogP contribution in [-0.4, -0.2) is 59.3 Å². The summed E-state index contributed by atoms with van der Waals surface area (Å²) in [6, 6.07) is 12.5. The second kappa shape index (κ2) is 10.8. The molecular formula is C24H25ClN6O5. The predicted molar refractivity (Wildman–Crippen MR) is 134 cm³/mol. The number of hydrogen-bond acceptors (Lipinski definition) is 6. The van der Waals surface area contributed by atoms with E-state index >= 15 is 0 Å². The zero-order valence-electron chi connectivity index (χ0n) is 19.2. The van der Waals surface area contributed by atoms with Crippen molar-refractivity contribution in [3.63, 3.8) is 0 Å². The Labute approximate surface area is 211 Å². The van der Waals surface area contributed by atoms with E-state index in [0.29, 0.717) is 41.9 Å². The highest BCUT2D eigenvalue weighted by Gasteiger charge is 2.41. The number of non-ortho nitro benzene ring substituents is 1. The number of para-hydroxylation sites is 1. The second-order valence-electron chi connectivity index (χ2n) is 8.49. The Bertz CT molecular complexity index is 1300. The van der Waals surface area contributed by atoms with Gasteiger partial charge in [-0.05, 0) is 56.3 Å². The normalized spacial score (nSPS) is 14.7. The number of H-pyrrole nitrogens is 1. The number of nitrogens with zero attached hydrogens (tertiary/aromatic N) is 1. The first-order chi connectivity index (χ1) is 17.3. The average Bonchev–Trinajstić information content (AvgIpc) is 3.32. The minimum absolute atomic E-state index is 0.125. The Balaban J connectivity index is 1.40. The summed E-state index contributed by atoms with van der Waals surface area (Å²) in [6.45, 7) is 1.42. The Morgan fingerprint density at radius 2 is 1.69 bits per heavy atom. The summed E-state index contributed by atoms with van der Waals surface area (Å²) in [5.74, 6) is -1.19. The van der Waals surface area contributed by atoms with E-state index in [-0.39, 0.29) is 41.8 Å². The van der Waals surface area contributed by atoms with Crippen molar-refractivity contribution < 1.29 is 19.3 Å². The number of nitro benzene ring substituents is 1. The van der Waals surface area contributed by atoms with Crippen LogP contribution in [0.3, 0.4) is 0 Å². The van der Waals surface area contributed by atoms with Gasteiger partial charge in [-0.3, -0.25) is 24.5 Å². The molecule has 5 N–H and O–H groups in total. The molecule has 0 saturated carbocycles. The van der Waals surface area contributed by atoms with Gasteiger partial charge in [-0.1, -0.05) is 23.7 Å². The summed E-state index contributed by atoms with van der Waals surface area (Å²) in [5, 5.41) is 23.9. The standard InChI is InChI=1S/C24H25ClN6O5/c25-17-6-4-15(5-7-17)21(32)27-12-13-28-23(34)24(8-10-26-11-9-24)30-22(33)18-14-16-2-1-3-19(31(35)36)20(16)29-18/h1-7,14,26,29H,8-13H2,(H,27,32)(H,28,34)(H,30,33). The maximum atomic E-state index is 13.2. The number of nitrogens with one attached hydrogen (secondary N) is 5. The number of piperidine rings is 1. The molecule has 2 heterocycles. The number of aromatic nitrogens is 1. The van der Waals surface area contributed by atoms with Crippen LogP contribution in [0.4, 0.5) is 5.69 Å². The summed E-state index contributed by atoms with van der Waals surface area (Å²) in [7, 11) is 0. The average molecular weight is 513 g/mol. The number of fused-ring (bicyclic) bond motifs is 1. The molecule has 3 amide bonds. The van der Waals surface area contributed by atoms with Gasteiger partial charge in [-0.2, -0.15) is 0 Å². The first kappa shape index (κ1) is 25.1. The van der Waals surface area contributed by atoms with Crippen LogP contribution >= 0.6 is 11.6 Å². The highest BCUT2D eigenvalue weighted by atomic mass is 35.5. The lowest BCUT2D eigenvalue weighted by molar-refractivity contribution is -0.383. The minimum atomic E-state index is -1.16. The fourth-order valence-electron chi connectivity index (χ4n) is 4.19. The van der Waals surface area contributed by atoms with Crippen LogP contribution in [-0.2, 0) is 4.79 Å². The van der Waals surface area contributed by atoms with Crippen molar-refractivity contribution in [3.8, 4) is 0 Å². The van der Waals surface area contributed by atoms with Crippen LogP contribution in [0.1, 0.15) is 33.7 Å². The maximum Gasteiger partial charge on any atom is 0.293 e. The van der Waals surface area contributed by atoms with E-state index in [1.54, 1.807) is 36.4 Å². The lowest BCUT2D eigenvalue weighted by Crippen LogP contribution is -2.63. The number of carbonyl (C=O) groups excluding carboxylic acids is 3. The summed E-state index contributed by atoms with van der Waals surface area (Å²) < 4.78 is 0. The van der Waals surface area contributed by atoms with Gasteiger partial charge in [0.25, 0.3) is 17.5 Å². The second-order valence-corrected chi connectivity index (χ2v) is 8.92. The molecule has 4 rings (SSSR count). The first-order valence-corrected chi connectivity index (χ1v) is 11.8. The number of hydrogen-bond donors (Lipinski definition) is 5. The molecular weight excluding hydrogens is 488 g/mol. The number of rotatable bonds is 8. The Hall–Kier alpha value is -3.96. The van der Waals surface area contributed by atoms with Crippen molar-refractivity contribution in [1.82, 2.24) is 26.3 Å². The molecule has 1 fully saturated rings. The van der Waals surface area contributed by atoms with Crippen molar-refractivity contribution in [2.75, 3.05) is 26.2 Å². The predicted octanol–water partition coefficient (Wildman–Crippen LogP) is 2.13. The lowest BCUT2D eigenvalue weighted by Gasteiger charge is -2.36. The quantitative estimate of drug-likeness (QED) is 0.177. The molecule has 2 aromatic carbocycles. The van der Waals surface area contributed by atoms with Gasteiger partial charge in [-0.15, -0.1) is 0 Å². The van der Waals surface area contributed by atoms with Gasteiger partial charge in [-0.25, -0.2) is 0 Å². The number of halogens is 1. The molecule has 0 spiro atoms. The van der Waals surface area contributed by atoms with E-state index in [2.05, 4.69) is 26.3 Å². The van der Waals surface area contributed by atoms with Crippen LogP contribution in [0, 0.1) is 10.1 Å². The van der Waals surface area contributed by atoms with Gasteiger partial charge in [0.2, 0.25) is 5.91 Å². The SMILES string of the molecule is O=C(NCCNC(=O)C1(NC(=O)c2cc3cccc([N+](=O)[O-])c3[nH]2)CCNCC1)c1ccc(Cl)cc1. The topological polar surface area (TPSA) is 158 Å². The van der Waals surface area contributed by atoms with Gasteiger partial charge < -0.3 is 26.3 Å². The number of aromatic amines is 1. The van der Waals surface area contributed by atoms with Gasteiger partial charge in [0.05, 0.1) is 4.92 Å². The van der Waals surface area contributed by atoms with E-state index in [1.807, 2.05) is 0 Å². The van der Waals surface area contributed by atoms with Crippen LogP contribution in [0.2, 0.25) is 5.02 Å². The minimum Gasteiger partial charge on any atom is -0.352 e. The molecule has 0 atom stereocenters. The number of nitro groups is 1. The largest absolute Gasteiger partial charge is 0.352 e. The first-order valence-electron chi connectivity index (χ1n) is 11.4. The van der Waals surface area contributed by atoms with Gasteiger partial charge >= 0.3 is 0 Å². The van der Waals surface area contributed by atoms with E-state index < -0.39 is 16.4 Å². The molecule has 1 aromatic heterocycles. The van der Waals surface area contributed by atoms with Crippen molar-refractivity contribution in [2.24, 2.45) is 0 Å². The molecule has 1 aliphatic rings. The number of amides is 3. The fraction of sp³-hybridized carbons (Fsp3) is 0.292. The molecule has 12 heteroatoms. The third kappa shape index (κ3) is 5.47. The number of benzene rings is 2. The lowest BCUT2D eigenvalue weighted by atomic mass is 9.87. The smallest absolute Gasteiger partial charge is 0.293 e. The molecule has 3 aromatic rings. The Morgan fingerprint density at radius 1 is 1.00 bits per heavy atom. The fourth-order valence-corrected chi connectivity index (χ4v) is 4.31. The highest BCUT2D eigenvalue weighted by molar-refractivity contribution is 6.30. The van der Waals surface area contributed by atoms with Crippen molar-refractivity contribution in [3.05, 3.63) is 74.9 Å². The van der Waals surface area contributed by atoms with E-state index in [4.69, 9.17) is 11.6 Å². The van der Waals surface area contributed by atoms with Crippen LogP contribution in [0.5, 0.6) is 0 Å². The third-order valence-corrected chi connectivity index (χ3v) is 6.37. The maximum absolute atomic E-state index is 13.2. The summed E-state index contributed by atoms with van der Waals surface area (Å²) >= 11 is 5.84. The van der Waals surface area contributed by atoms with Crippen molar-refractivity contribution in [1.29, 1.82) is 0 Å². The van der Waals surface area contributed by atoms with Gasteiger partial charge in [0.15, 0.2) is 0 Å². The summed E-state index contributed by atoms with van der Waals surface area (Å²) in [4.78, 5) is 52.1. The third-order valence-electron chi connectivity index (χ3n) is 6.12. The van der Waals surface area contributed by atoms with Gasteiger partial charge in [0.1, 0.15) is 16.7 Å². The van der Waals surface area contributed by atoms with Crippen molar-refractivity contribution in [2.45, 2.75) is 18.4 Å². The summed E-state index contributed by atoms with van der Waals surface area (Å²) in [6.07, 6.45) is 0.726. The molecule has 11 nitrogen and oxygen atoms in total. The molecule has 1 aliphatic heterocycles. The molecule has 0 bridgehead atoms. The molecule has 0 radical (unpaired) electrons. The van der Waals surface area contributed by atoms with E-state index in [9.17, 15) is 24.5 Å².